The number of ether oxygens (including phenoxy) is 1. The summed E-state index contributed by atoms with van der Waals surface area (Å²) >= 11 is 1.34. The predicted molar refractivity (Wildman–Crippen MR) is 184 cm³/mol. The van der Waals surface area contributed by atoms with Crippen molar-refractivity contribution in [3.63, 3.8) is 0 Å². The molecule has 0 radical (unpaired) electrons. The van der Waals surface area contributed by atoms with Crippen molar-refractivity contribution in [3.8, 4) is 17.2 Å². The number of aromatic hydroxyl groups is 1. The molecule has 0 aliphatic heterocycles. The molecular weight excluding hydrogens is 595 g/mol. The summed E-state index contributed by atoms with van der Waals surface area (Å²) in [4.78, 5) is 14.2. The minimum atomic E-state index is -0.355. The molecule has 0 saturated heterocycles. The van der Waals surface area contributed by atoms with Gasteiger partial charge in [-0.2, -0.15) is 4.68 Å². The number of para-hydroxylation sites is 1. The Kier molecular flexibility index (Phi) is 10.0. The molecule has 1 aromatic heterocycles. The number of nitrogens with zero attached hydrogens (tertiary/aromatic N) is 4. The zero-order valence-electron chi connectivity index (χ0n) is 27.5. The van der Waals surface area contributed by atoms with Gasteiger partial charge in [0.2, 0.25) is 5.16 Å². The quantitative estimate of drug-likeness (QED) is 0.125. The van der Waals surface area contributed by atoms with Crippen LogP contribution in [0, 0.1) is 0 Å². The average molecular weight is 638 g/mol. The van der Waals surface area contributed by atoms with Crippen molar-refractivity contribution in [3.05, 3.63) is 95.6 Å². The highest BCUT2D eigenvalue weighted by Crippen LogP contribution is 2.40. The Hall–Kier alpha value is -4.37. The summed E-state index contributed by atoms with van der Waals surface area (Å²) in [5.74, 6) is 0.477. The highest BCUT2D eigenvalue weighted by molar-refractivity contribution is 7.99. The Morgan fingerprint density at radius 2 is 1.61 bits per heavy atom. The van der Waals surface area contributed by atoms with Gasteiger partial charge in [-0.05, 0) is 87.5 Å². The van der Waals surface area contributed by atoms with Gasteiger partial charge in [-0.15, -0.1) is 5.10 Å². The van der Waals surface area contributed by atoms with Crippen LogP contribution in [-0.4, -0.2) is 44.4 Å². The number of amides is 1. The van der Waals surface area contributed by atoms with Crippen LogP contribution in [0.2, 0.25) is 0 Å². The Morgan fingerprint density at radius 3 is 2.33 bits per heavy atom. The third-order valence-corrected chi connectivity index (χ3v) is 9.98. The molecule has 2 N–H and O–H groups in total. The van der Waals surface area contributed by atoms with Crippen LogP contribution in [0.5, 0.6) is 11.5 Å². The Balaban J connectivity index is 1.29. The zero-order valence-corrected chi connectivity index (χ0v) is 28.3. The first kappa shape index (κ1) is 33.0. The van der Waals surface area contributed by atoms with E-state index >= 15 is 0 Å². The molecule has 9 heteroatoms. The van der Waals surface area contributed by atoms with E-state index in [1.807, 2.05) is 54.6 Å². The molecule has 5 rings (SSSR count). The summed E-state index contributed by atoms with van der Waals surface area (Å²) in [6, 6.07) is 25.4. The minimum Gasteiger partial charge on any atom is -0.506 e. The number of fused-ring (bicyclic) bond motifs is 1. The van der Waals surface area contributed by atoms with E-state index in [0.717, 1.165) is 34.6 Å². The predicted octanol–water partition coefficient (Wildman–Crippen LogP) is 8.25. The fraction of sp³-hybridized carbons (Fsp3) is 0.351. The summed E-state index contributed by atoms with van der Waals surface area (Å²) in [5.41, 5.74) is 3.60. The fourth-order valence-electron chi connectivity index (χ4n) is 5.21. The lowest BCUT2D eigenvalue weighted by Crippen LogP contribution is -2.26. The van der Waals surface area contributed by atoms with Gasteiger partial charge in [-0.25, -0.2) is 0 Å². The van der Waals surface area contributed by atoms with Crippen molar-refractivity contribution < 1.29 is 14.6 Å². The minimum absolute atomic E-state index is 0.0307. The summed E-state index contributed by atoms with van der Waals surface area (Å²) in [7, 11) is 0. The molecule has 4 aromatic carbocycles. The number of rotatable bonds is 13. The molecule has 46 heavy (non-hydrogen) atoms. The van der Waals surface area contributed by atoms with E-state index in [-0.39, 0.29) is 28.1 Å². The average Bonchev–Trinajstić information content (AvgIpc) is 3.54. The Bertz CT molecular complexity index is 1820. The van der Waals surface area contributed by atoms with Crippen molar-refractivity contribution in [2.75, 3.05) is 13.2 Å². The molecular formula is C37H43N5O3S. The molecule has 0 saturated carbocycles. The summed E-state index contributed by atoms with van der Waals surface area (Å²) in [6.07, 6.45) is 2.66. The van der Waals surface area contributed by atoms with Gasteiger partial charge in [-0.1, -0.05) is 96.1 Å². The van der Waals surface area contributed by atoms with Crippen molar-refractivity contribution >= 4 is 28.4 Å². The van der Waals surface area contributed by atoms with Crippen LogP contribution in [-0.2, 0) is 10.8 Å². The van der Waals surface area contributed by atoms with Crippen molar-refractivity contribution in [2.24, 2.45) is 0 Å². The van der Waals surface area contributed by atoms with Crippen LogP contribution in [0.15, 0.2) is 88.9 Å². The van der Waals surface area contributed by atoms with E-state index in [2.05, 4.69) is 80.6 Å². The molecule has 240 valence electrons. The Labute approximate surface area is 275 Å². The number of hydrogen-bond donors (Lipinski definition) is 2. The topological polar surface area (TPSA) is 102 Å². The monoisotopic (exact) mass is 637 g/mol. The van der Waals surface area contributed by atoms with E-state index in [1.165, 1.54) is 22.9 Å². The van der Waals surface area contributed by atoms with Gasteiger partial charge >= 0.3 is 0 Å². The van der Waals surface area contributed by atoms with E-state index in [9.17, 15) is 9.90 Å². The lowest BCUT2D eigenvalue weighted by atomic mass is 9.76. The van der Waals surface area contributed by atoms with Gasteiger partial charge in [0.25, 0.3) is 5.91 Å². The highest BCUT2D eigenvalue weighted by Gasteiger charge is 2.27. The van der Waals surface area contributed by atoms with E-state index in [4.69, 9.17) is 4.74 Å². The van der Waals surface area contributed by atoms with E-state index in [0.29, 0.717) is 30.1 Å². The van der Waals surface area contributed by atoms with Crippen LogP contribution < -0.4 is 10.1 Å². The molecule has 0 bridgehead atoms. The molecule has 8 nitrogen and oxygen atoms in total. The molecule has 0 aliphatic rings. The molecule has 1 amide bonds. The number of tetrazole rings is 1. The van der Waals surface area contributed by atoms with E-state index < -0.39 is 0 Å². The maximum absolute atomic E-state index is 13.4. The first-order valence-corrected chi connectivity index (χ1v) is 16.7. The van der Waals surface area contributed by atoms with Gasteiger partial charge in [0.05, 0.1) is 17.9 Å². The smallest absolute Gasteiger partial charge is 0.255 e. The fourth-order valence-corrected chi connectivity index (χ4v) is 6.18. The lowest BCUT2D eigenvalue weighted by Gasteiger charge is -2.30. The SMILES string of the molecule is CCC(C)(C)c1ccc(OCCCNC(=O)c2cc(Sc3nnnn3-c3ccccc3)c3ccccc3c2O)c(C(C)(C)CC)c1. The van der Waals surface area contributed by atoms with Crippen LogP contribution in [0.1, 0.15) is 82.3 Å². The van der Waals surface area contributed by atoms with Crippen LogP contribution in [0.25, 0.3) is 16.5 Å². The molecule has 0 spiro atoms. The van der Waals surface area contributed by atoms with Crippen LogP contribution in [0.3, 0.4) is 0 Å². The third kappa shape index (κ3) is 7.04. The van der Waals surface area contributed by atoms with Gasteiger partial charge in [0.1, 0.15) is 11.5 Å². The highest BCUT2D eigenvalue weighted by atomic mass is 32.2. The number of hydrogen-bond acceptors (Lipinski definition) is 7. The first-order chi connectivity index (χ1) is 22.1. The third-order valence-electron chi connectivity index (χ3n) is 8.99. The summed E-state index contributed by atoms with van der Waals surface area (Å²) < 4.78 is 7.95. The van der Waals surface area contributed by atoms with E-state index in [1.54, 1.807) is 10.7 Å². The van der Waals surface area contributed by atoms with Gasteiger partial charge in [0, 0.05) is 22.4 Å². The molecule has 0 atom stereocenters. The van der Waals surface area contributed by atoms with Gasteiger partial charge < -0.3 is 15.2 Å². The summed E-state index contributed by atoms with van der Waals surface area (Å²) in [6.45, 7) is 14.3. The molecule has 1 heterocycles. The molecule has 0 unspecified atom stereocenters. The summed E-state index contributed by atoms with van der Waals surface area (Å²) in [5, 5.41) is 28.3. The number of aromatic nitrogens is 4. The number of phenolic OH excluding ortho intramolecular Hbond substituents is 1. The lowest BCUT2D eigenvalue weighted by molar-refractivity contribution is 0.0949. The number of carbonyl (C=O) groups is 1. The maximum atomic E-state index is 13.4. The van der Waals surface area contributed by atoms with Crippen molar-refractivity contribution in [1.82, 2.24) is 25.5 Å². The number of nitrogens with one attached hydrogen (secondary N) is 1. The maximum Gasteiger partial charge on any atom is 0.255 e. The van der Waals surface area contributed by atoms with Gasteiger partial charge in [-0.3, -0.25) is 4.79 Å². The second-order valence-corrected chi connectivity index (χ2v) is 13.8. The second-order valence-electron chi connectivity index (χ2n) is 12.8. The standard InChI is InChI=1S/C37H43N5O3S/c1-7-36(3,4)25-19-20-31(30(23-25)37(5,6)8-2)45-22-14-21-38-34(44)29-24-32(27-17-12-13-18-28(27)33(29)43)46-35-39-40-41-42(35)26-15-10-9-11-16-26/h9-13,15-20,23-24,43H,7-8,14,21-22H2,1-6H3,(H,38,44). The number of phenols is 1. The number of carbonyl (C=O) groups excluding carboxylic acids is 1. The molecule has 0 aliphatic carbocycles. The molecule has 0 fully saturated rings. The van der Waals surface area contributed by atoms with Crippen LogP contribution in [0.4, 0.5) is 0 Å². The van der Waals surface area contributed by atoms with Crippen LogP contribution >= 0.6 is 11.8 Å². The normalized spacial score (nSPS) is 12.0. The number of benzene rings is 4. The second kappa shape index (κ2) is 14.0. The zero-order chi connectivity index (χ0) is 32.9. The van der Waals surface area contributed by atoms with Crippen molar-refractivity contribution in [2.45, 2.75) is 81.7 Å². The first-order valence-electron chi connectivity index (χ1n) is 15.9. The van der Waals surface area contributed by atoms with Gasteiger partial charge in [0.15, 0.2) is 0 Å². The van der Waals surface area contributed by atoms with Crippen molar-refractivity contribution in [1.29, 1.82) is 0 Å². The molecule has 5 aromatic rings. The largest absolute Gasteiger partial charge is 0.506 e. The Morgan fingerprint density at radius 1 is 0.913 bits per heavy atom.